The van der Waals surface area contributed by atoms with Crippen LogP contribution in [0.2, 0.25) is 0 Å². The lowest BCUT2D eigenvalue weighted by molar-refractivity contribution is -0.146. The fourth-order valence-electron chi connectivity index (χ4n) is 4.98. The van der Waals surface area contributed by atoms with Crippen molar-refractivity contribution in [3.05, 3.63) is 65.7 Å². The molecule has 1 spiro atoms. The lowest BCUT2D eigenvalue weighted by atomic mass is 9.78. The molecule has 2 saturated heterocycles. The standard InChI is InChI=1S/C26H32N2O3/c1-30-23-13-6-12-22(24(23)31-2)19-28-17-8-14-26(25(28)29)15-18-27(20-26)16-7-11-21-9-4-3-5-10-21/h3-7,9-13H,8,14-20H2,1-2H3/b11-7+/t26-/m0/s1. The second-order valence-electron chi connectivity index (χ2n) is 8.56. The van der Waals surface area contributed by atoms with Gasteiger partial charge in [0.1, 0.15) is 0 Å². The van der Waals surface area contributed by atoms with E-state index in [-0.39, 0.29) is 11.3 Å². The van der Waals surface area contributed by atoms with Crippen LogP contribution in [-0.4, -0.2) is 56.1 Å². The van der Waals surface area contributed by atoms with E-state index < -0.39 is 0 Å². The van der Waals surface area contributed by atoms with Crippen molar-refractivity contribution < 1.29 is 14.3 Å². The molecule has 5 heteroatoms. The Labute approximate surface area is 185 Å². The van der Waals surface area contributed by atoms with Crippen LogP contribution in [0.5, 0.6) is 11.5 Å². The van der Waals surface area contributed by atoms with Gasteiger partial charge >= 0.3 is 0 Å². The molecule has 4 rings (SSSR count). The number of rotatable bonds is 7. The van der Waals surface area contributed by atoms with Gasteiger partial charge in [0.15, 0.2) is 11.5 Å². The van der Waals surface area contributed by atoms with Crippen molar-refractivity contribution in [1.29, 1.82) is 0 Å². The number of carbonyl (C=O) groups excluding carboxylic acids is 1. The van der Waals surface area contributed by atoms with E-state index >= 15 is 0 Å². The van der Waals surface area contributed by atoms with Gasteiger partial charge in [0, 0.05) is 31.7 Å². The Morgan fingerprint density at radius 2 is 1.84 bits per heavy atom. The monoisotopic (exact) mass is 420 g/mol. The molecule has 1 amide bonds. The predicted molar refractivity (Wildman–Crippen MR) is 123 cm³/mol. The SMILES string of the molecule is COc1cccc(CN2CCC[C@@]3(CCN(C/C=C/c4ccccc4)C3)C2=O)c1OC. The van der Waals surface area contributed by atoms with E-state index in [0.29, 0.717) is 12.3 Å². The molecule has 2 fully saturated rings. The first kappa shape index (κ1) is 21.4. The summed E-state index contributed by atoms with van der Waals surface area (Å²) in [6.45, 7) is 4.06. The van der Waals surface area contributed by atoms with E-state index in [1.54, 1.807) is 14.2 Å². The number of amides is 1. The molecule has 5 nitrogen and oxygen atoms in total. The molecule has 0 unspecified atom stereocenters. The van der Waals surface area contributed by atoms with Gasteiger partial charge in [-0.25, -0.2) is 0 Å². The van der Waals surface area contributed by atoms with Crippen LogP contribution < -0.4 is 9.47 Å². The zero-order chi connectivity index (χ0) is 21.7. The first-order valence-electron chi connectivity index (χ1n) is 11.1. The maximum atomic E-state index is 13.6. The number of nitrogens with zero attached hydrogens (tertiary/aromatic N) is 2. The number of hydrogen-bond acceptors (Lipinski definition) is 4. The smallest absolute Gasteiger partial charge is 0.230 e. The lowest BCUT2D eigenvalue weighted by Crippen LogP contribution is -2.49. The summed E-state index contributed by atoms with van der Waals surface area (Å²) in [6.07, 6.45) is 7.34. The van der Waals surface area contributed by atoms with E-state index in [4.69, 9.17) is 9.47 Å². The maximum absolute atomic E-state index is 13.6. The average molecular weight is 421 g/mol. The summed E-state index contributed by atoms with van der Waals surface area (Å²) in [4.78, 5) is 18.0. The molecule has 2 aromatic rings. The van der Waals surface area contributed by atoms with Crippen molar-refractivity contribution in [2.75, 3.05) is 40.4 Å². The number of likely N-dealkylation sites (tertiary alicyclic amines) is 2. The average Bonchev–Trinajstić information content (AvgIpc) is 3.21. The van der Waals surface area contributed by atoms with Crippen molar-refractivity contribution in [2.24, 2.45) is 5.41 Å². The Hall–Kier alpha value is -2.79. The summed E-state index contributed by atoms with van der Waals surface area (Å²) in [5.74, 6) is 1.71. The van der Waals surface area contributed by atoms with E-state index in [1.807, 2.05) is 29.2 Å². The van der Waals surface area contributed by atoms with Crippen LogP contribution in [0.15, 0.2) is 54.6 Å². The number of para-hydroxylation sites is 1. The van der Waals surface area contributed by atoms with Gasteiger partial charge < -0.3 is 14.4 Å². The second-order valence-corrected chi connectivity index (χ2v) is 8.56. The number of hydrogen-bond donors (Lipinski definition) is 0. The largest absolute Gasteiger partial charge is 0.493 e. The summed E-state index contributed by atoms with van der Waals surface area (Å²) in [7, 11) is 3.29. The highest BCUT2D eigenvalue weighted by Crippen LogP contribution is 2.41. The molecule has 0 aliphatic carbocycles. The Bertz CT molecular complexity index is 928. The van der Waals surface area contributed by atoms with Crippen LogP contribution >= 0.6 is 0 Å². The minimum absolute atomic E-state index is 0.245. The fourth-order valence-corrected chi connectivity index (χ4v) is 4.98. The van der Waals surface area contributed by atoms with Crippen molar-refractivity contribution in [3.8, 4) is 11.5 Å². The van der Waals surface area contributed by atoms with Gasteiger partial charge in [-0.2, -0.15) is 0 Å². The first-order chi connectivity index (χ1) is 15.1. The molecule has 2 aliphatic heterocycles. The summed E-state index contributed by atoms with van der Waals surface area (Å²) >= 11 is 0. The Morgan fingerprint density at radius 1 is 1.00 bits per heavy atom. The highest BCUT2D eigenvalue weighted by molar-refractivity contribution is 5.84. The highest BCUT2D eigenvalue weighted by Gasteiger charge is 2.48. The number of carbonyl (C=O) groups is 1. The number of ether oxygens (including phenoxy) is 2. The third kappa shape index (κ3) is 4.62. The van der Waals surface area contributed by atoms with E-state index in [9.17, 15) is 4.79 Å². The summed E-state index contributed by atoms with van der Waals surface area (Å²) in [5.41, 5.74) is 1.96. The van der Waals surface area contributed by atoms with E-state index in [1.165, 1.54) is 5.56 Å². The molecule has 2 aromatic carbocycles. The third-order valence-electron chi connectivity index (χ3n) is 6.58. The zero-order valence-corrected chi connectivity index (χ0v) is 18.5. The molecule has 0 N–H and O–H groups in total. The Kier molecular flexibility index (Phi) is 6.62. The van der Waals surface area contributed by atoms with Crippen LogP contribution in [0, 0.1) is 5.41 Å². The second kappa shape index (κ2) is 9.56. The van der Waals surface area contributed by atoms with Crippen molar-refractivity contribution in [3.63, 3.8) is 0 Å². The highest BCUT2D eigenvalue weighted by atomic mass is 16.5. The molecule has 0 saturated carbocycles. The van der Waals surface area contributed by atoms with E-state index in [0.717, 1.165) is 56.8 Å². The number of piperidine rings is 1. The van der Waals surface area contributed by atoms with Gasteiger partial charge in [-0.15, -0.1) is 0 Å². The van der Waals surface area contributed by atoms with Crippen LogP contribution in [0.3, 0.4) is 0 Å². The zero-order valence-electron chi connectivity index (χ0n) is 18.5. The molecule has 31 heavy (non-hydrogen) atoms. The minimum atomic E-state index is -0.245. The predicted octanol–water partition coefficient (Wildman–Crippen LogP) is 4.23. The third-order valence-corrected chi connectivity index (χ3v) is 6.58. The topological polar surface area (TPSA) is 42.0 Å². The maximum Gasteiger partial charge on any atom is 0.230 e. The molecule has 0 radical (unpaired) electrons. The molecule has 164 valence electrons. The first-order valence-corrected chi connectivity index (χ1v) is 11.1. The number of benzene rings is 2. The normalized spacial score (nSPS) is 21.9. The van der Waals surface area contributed by atoms with Gasteiger partial charge in [-0.05, 0) is 37.4 Å². The quantitative estimate of drug-likeness (QED) is 0.672. The lowest BCUT2D eigenvalue weighted by Gasteiger charge is -2.39. The molecular weight excluding hydrogens is 388 g/mol. The molecule has 2 heterocycles. The summed E-state index contributed by atoms with van der Waals surface area (Å²) in [6, 6.07) is 16.2. The number of methoxy groups -OCH3 is 2. The van der Waals surface area contributed by atoms with Crippen LogP contribution in [0.4, 0.5) is 0 Å². The Morgan fingerprint density at radius 3 is 2.61 bits per heavy atom. The van der Waals surface area contributed by atoms with Gasteiger partial charge in [-0.3, -0.25) is 9.69 Å². The van der Waals surface area contributed by atoms with E-state index in [2.05, 4.69) is 41.3 Å². The van der Waals surface area contributed by atoms with Crippen LogP contribution in [-0.2, 0) is 11.3 Å². The Balaban J connectivity index is 1.41. The molecule has 0 bridgehead atoms. The summed E-state index contributed by atoms with van der Waals surface area (Å²) < 4.78 is 11.0. The summed E-state index contributed by atoms with van der Waals surface area (Å²) in [5, 5.41) is 0. The van der Waals surface area contributed by atoms with Gasteiger partial charge in [-0.1, -0.05) is 54.6 Å². The van der Waals surface area contributed by atoms with Crippen molar-refractivity contribution in [1.82, 2.24) is 9.80 Å². The van der Waals surface area contributed by atoms with Gasteiger partial charge in [0.2, 0.25) is 5.91 Å². The molecule has 1 atom stereocenters. The van der Waals surface area contributed by atoms with Crippen molar-refractivity contribution >= 4 is 12.0 Å². The van der Waals surface area contributed by atoms with Gasteiger partial charge in [0.05, 0.1) is 19.6 Å². The van der Waals surface area contributed by atoms with Crippen molar-refractivity contribution in [2.45, 2.75) is 25.8 Å². The minimum Gasteiger partial charge on any atom is -0.493 e. The fraction of sp³-hybridized carbons (Fsp3) is 0.423. The molecule has 0 aromatic heterocycles. The molecule has 2 aliphatic rings. The molecular formula is C26H32N2O3. The van der Waals surface area contributed by atoms with Gasteiger partial charge in [0.25, 0.3) is 0 Å². The van der Waals surface area contributed by atoms with Crippen LogP contribution in [0.1, 0.15) is 30.4 Å². The van der Waals surface area contributed by atoms with Crippen LogP contribution in [0.25, 0.3) is 6.08 Å².